The number of Topliss-reactive ketones (excluding diaryl/α,β-unsaturated/α-hetero) is 1. The van der Waals surface area contributed by atoms with Crippen LogP contribution in [-0.2, 0) is 27.2 Å². The number of benzene rings is 1. The fourth-order valence-electron chi connectivity index (χ4n) is 6.32. The topological polar surface area (TPSA) is 76.5 Å². The van der Waals surface area contributed by atoms with E-state index in [1.54, 1.807) is 6.92 Å². The minimum absolute atomic E-state index is 0.0396. The molecule has 1 aliphatic heterocycles. The van der Waals surface area contributed by atoms with Gasteiger partial charge in [-0.2, -0.15) is 0 Å². The molecule has 2 aromatic rings. The van der Waals surface area contributed by atoms with Gasteiger partial charge in [0.25, 0.3) is 0 Å². The summed E-state index contributed by atoms with van der Waals surface area (Å²) in [5.74, 6) is -0.630. The standard InChI is InChI=1S/C27H27NO4/c1-5-27(31)20-10-16-17(25(29)19(20)11-32-26(27)30)9-18-22-12(2)6-7-15-14(4)13(3)8-21(23(15)22)28-24(16)18/h8,10,12,17,31H,5-7,9,11H2,1-4H3/t12-,17?,27-/m1/s1. The number of aromatic nitrogens is 1. The fourth-order valence-corrected chi connectivity index (χ4v) is 6.32. The molecular formula is C27H27NO4. The number of carbonyl (C=O) groups excluding carboxylic acids is 2. The van der Waals surface area contributed by atoms with E-state index in [4.69, 9.17) is 9.72 Å². The van der Waals surface area contributed by atoms with Gasteiger partial charge in [0.2, 0.25) is 0 Å². The lowest BCUT2D eigenvalue weighted by Crippen LogP contribution is -2.48. The van der Waals surface area contributed by atoms with Crippen LogP contribution in [0.2, 0.25) is 0 Å². The molecule has 6 rings (SSSR count). The summed E-state index contributed by atoms with van der Waals surface area (Å²) in [5.41, 5.74) is 8.28. The Bertz CT molecular complexity index is 1330. The maximum absolute atomic E-state index is 13.6. The quantitative estimate of drug-likeness (QED) is 0.693. The first-order valence-corrected chi connectivity index (χ1v) is 11.6. The summed E-state index contributed by atoms with van der Waals surface area (Å²) < 4.78 is 5.21. The number of aliphatic hydroxyl groups is 1. The number of ketones is 1. The van der Waals surface area contributed by atoms with Gasteiger partial charge in [-0.3, -0.25) is 4.79 Å². The summed E-state index contributed by atoms with van der Waals surface area (Å²) in [5, 5.41) is 12.4. The lowest BCUT2D eigenvalue weighted by molar-refractivity contribution is -0.163. The van der Waals surface area contributed by atoms with E-state index in [1.165, 1.54) is 33.2 Å². The molecule has 3 aliphatic carbocycles. The first-order chi connectivity index (χ1) is 15.3. The van der Waals surface area contributed by atoms with Crippen molar-refractivity contribution < 1.29 is 19.4 Å². The molecule has 0 saturated carbocycles. The Morgan fingerprint density at radius 2 is 2.03 bits per heavy atom. The van der Waals surface area contributed by atoms with E-state index in [0.29, 0.717) is 23.5 Å². The van der Waals surface area contributed by atoms with Crippen LogP contribution in [0.4, 0.5) is 0 Å². The van der Waals surface area contributed by atoms with Crippen molar-refractivity contribution in [2.45, 2.75) is 64.9 Å². The highest BCUT2D eigenvalue weighted by Crippen LogP contribution is 2.51. The number of cyclic esters (lactones) is 1. The molecule has 1 N–H and O–H groups in total. The van der Waals surface area contributed by atoms with Gasteiger partial charge >= 0.3 is 5.97 Å². The smallest absolute Gasteiger partial charge is 0.343 e. The lowest BCUT2D eigenvalue weighted by Gasteiger charge is -2.35. The number of nitrogens with zero attached hydrogens (tertiary/aromatic N) is 1. The van der Waals surface area contributed by atoms with Gasteiger partial charge in [-0.25, -0.2) is 9.78 Å². The summed E-state index contributed by atoms with van der Waals surface area (Å²) in [6, 6.07) is 2.17. The summed E-state index contributed by atoms with van der Waals surface area (Å²) >= 11 is 0. The number of hydrogen-bond acceptors (Lipinski definition) is 5. The molecule has 164 valence electrons. The molecular weight excluding hydrogens is 402 g/mol. The second kappa shape index (κ2) is 6.38. The largest absolute Gasteiger partial charge is 0.458 e. The molecule has 0 amide bonds. The van der Waals surface area contributed by atoms with Crippen molar-refractivity contribution in [2.24, 2.45) is 5.92 Å². The number of fused-ring (bicyclic) bond motifs is 4. The van der Waals surface area contributed by atoms with Crippen molar-refractivity contribution in [1.29, 1.82) is 0 Å². The van der Waals surface area contributed by atoms with Crippen molar-refractivity contribution in [1.82, 2.24) is 4.98 Å². The summed E-state index contributed by atoms with van der Waals surface area (Å²) in [4.78, 5) is 31.1. The number of esters is 1. The van der Waals surface area contributed by atoms with Crippen molar-refractivity contribution in [3.63, 3.8) is 0 Å². The zero-order chi connectivity index (χ0) is 22.5. The van der Waals surface area contributed by atoms with Crippen LogP contribution in [0.15, 0.2) is 23.3 Å². The Labute approximate surface area is 187 Å². The Kier molecular flexibility index (Phi) is 3.96. The molecule has 5 nitrogen and oxygen atoms in total. The van der Waals surface area contributed by atoms with Crippen LogP contribution in [0.1, 0.15) is 66.1 Å². The molecule has 0 radical (unpaired) electrons. The normalized spacial score (nSPS) is 28.3. The number of carbonyl (C=O) groups is 2. The lowest BCUT2D eigenvalue weighted by atomic mass is 9.75. The van der Waals surface area contributed by atoms with E-state index < -0.39 is 11.6 Å². The van der Waals surface area contributed by atoms with Crippen LogP contribution in [0.25, 0.3) is 16.5 Å². The van der Waals surface area contributed by atoms with E-state index in [2.05, 4.69) is 26.8 Å². The molecule has 1 aromatic carbocycles. The number of rotatable bonds is 1. The zero-order valence-corrected chi connectivity index (χ0v) is 19.0. The molecule has 0 spiro atoms. The van der Waals surface area contributed by atoms with E-state index >= 15 is 0 Å². The minimum atomic E-state index is -1.77. The third-order valence-electron chi connectivity index (χ3n) is 8.33. The highest BCUT2D eigenvalue weighted by Gasteiger charge is 2.50. The molecule has 2 heterocycles. The third-order valence-corrected chi connectivity index (χ3v) is 8.33. The number of ether oxygens (including phenoxy) is 1. The highest BCUT2D eigenvalue weighted by molar-refractivity contribution is 6.12. The van der Waals surface area contributed by atoms with Crippen LogP contribution in [-0.4, -0.2) is 34.1 Å². The minimum Gasteiger partial charge on any atom is -0.458 e. The molecule has 0 fully saturated rings. The predicted octanol–water partition coefficient (Wildman–Crippen LogP) is 4.03. The van der Waals surface area contributed by atoms with Gasteiger partial charge in [-0.15, -0.1) is 0 Å². The number of pyridine rings is 1. The number of hydrogen-bond donors (Lipinski definition) is 1. The molecule has 0 bridgehead atoms. The summed E-state index contributed by atoms with van der Waals surface area (Å²) in [7, 11) is 0. The second-order valence-electron chi connectivity index (χ2n) is 9.89. The van der Waals surface area contributed by atoms with Crippen LogP contribution in [0.3, 0.4) is 0 Å². The van der Waals surface area contributed by atoms with Crippen molar-refractivity contribution in [3.05, 3.63) is 56.8 Å². The van der Waals surface area contributed by atoms with Crippen LogP contribution < -0.4 is 0 Å². The van der Waals surface area contributed by atoms with E-state index in [9.17, 15) is 14.7 Å². The molecule has 1 unspecified atom stereocenters. The molecule has 5 heteroatoms. The van der Waals surface area contributed by atoms with Crippen LogP contribution in [0, 0.1) is 19.8 Å². The zero-order valence-electron chi connectivity index (χ0n) is 19.0. The first kappa shape index (κ1) is 19.9. The van der Waals surface area contributed by atoms with Crippen LogP contribution >= 0.6 is 0 Å². The monoisotopic (exact) mass is 429 g/mol. The average molecular weight is 430 g/mol. The molecule has 32 heavy (non-hydrogen) atoms. The van der Waals surface area contributed by atoms with Gasteiger partial charge in [-0.1, -0.05) is 13.8 Å². The SMILES string of the molecule is CC[C@]1(O)C(=O)OCC2=C1C=C1c3nc4cc(C)c(C)c5c4c(c3CC1C2=O)[C@H](C)CC5. The van der Waals surface area contributed by atoms with Gasteiger partial charge in [0.05, 0.1) is 17.1 Å². The van der Waals surface area contributed by atoms with Gasteiger partial charge in [0.15, 0.2) is 11.4 Å². The van der Waals surface area contributed by atoms with Crippen molar-refractivity contribution in [2.75, 3.05) is 6.61 Å². The average Bonchev–Trinajstić information content (AvgIpc) is 3.14. The molecule has 0 saturated heterocycles. The maximum atomic E-state index is 13.6. The number of aryl methyl sites for hydroxylation is 2. The molecule has 3 atom stereocenters. The summed E-state index contributed by atoms with van der Waals surface area (Å²) in [6.07, 6.45) is 4.81. The van der Waals surface area contributed by atoms with E-state index in [0.717, 1.165) is 29.6 Å². The predicted molar refractivity (Wildman–Crippen MR) is 121 cm³/mol. The maximum Gasteiger partial charge on any atom is 0.343 e. The van der Waals surface area contributed by atoms with Gasteiger partial charge < -0.3 is 9.84 Å². The molecule has 1 aromatic heterocycles. The second-order valence-corrected chi connectivity index (χ2v) is 9.89. The first-order valence-electron chi connectivity index (χ1n) is 11.6. The van der Waals surface area contributed by atoms with Gasteiger partial charge in [-0.05, 0) is 91.0 Å². The Hall–Kier alpha value is -2.79. The Balaban J connectivity index is 1.64. The van der Waals surface area contributed by atoms with Gasteiger partial charge in [0, 0.05) is 16.5 Å². The highest BCUT2D eigenvalue weighted by atomic mass is 16.6. The van der Waals surface area contributed by atoms with Gasteiger partial charge in [0.1, 0.15) is 6.61 Å². The van der Waals surface area contributed by atoms with Crippen molar-refractivity contribution in [3.8, 4) is 0 Å². The fraction of sp³-hybridized carbons (Fsp3) is 0.444. The Morgan fingerprint density at radius 3 is 2.78 bits per heavy atom. The summed E-state index contributed by atoms with van der Waals surface area (Å²) in [6.45, 7) is 8.28. The van der Waals surface area contributed by atoms with Crippen LogP contribution in [0.5, 0.6) is 0 Å². The molecule has 4 aliphatic rings. The number of allylic oxidation sites excluding steroid dienone is 1. The van der Waals surface area contributed by atoms with E-state index in [1.807, 2.05) is 6.08 Å². The third kappa shape index (κ3) is 2.30. The Morgan fingerprint density at radius 1 is 1.25 bits per heavy atom. The van der Waals surface area contributed by atoms with Crippen molar-refractivity contribution >= 4 is 28.2 Å². The van der Waals surface area contributed by atoms with E-state index in [-0.39, 0.29) is 24.7 Å².